The SMILES string of the molecule is C[C@H](NCC(=O)N[C@@H](C)[C@@H](c1ccccc1)N1CCOCC1)c1ccc(Cl)cc1. The van der Waals surface area contributed by atoms with E-state index in [9.17, 15) is 4.79 Å². The zero-order valence-electron chi connectivity index (χ0n) is 17.1. The van der Waals surface area contributed by atoms with Crippen LogP contribution in [0.1, 0.15) is 37.1 Å². The van der Waals surface area contributed by atoms with Gasteiger partial charge in [0.05, 0.1) is 25.8 Å². The van der Waals surface area contributed by atoms with Crippen molar-refractivity contribution in [1.29, 1.82) is 0 Å². The lowest BCUT2D eigenvalue weighted by Crippen LogP contribution is -2.49. The van der Waals surface area contributed by atoms with Crippen LogP contribution in [0.4, 0.5) is 0 Å². The second kappa shape index (κ2) is 10.7. The summed E-state index contributed by atoms with van der Waals surface area (Å²) >= 11 is 5.95. The molecule has 5 nitrogen and oxygen atoms in total. The smallest absolute Gasteiger partial charge is 0.234 e. The van der Waals surface area contributed by atoms with Gasteiger partial charge in [-0.25, -0.2) is 0 Å². The monoisotopic (exact) mass is 415 g/mol. The summed E-state index contributed by atoms with van der Waals surface area (Å²) in [6.07, 6.45) is 0. The van der Waals surface area contributed by atoms with E-state index in [2.05, 4.69) is 34.6 Å². The normalized spacial score (nSPS) is 18.0. The van der Waals surface area contributed by atoms with Gasteiger partial charge >= 0.3 is 0 Å². The summed E-state index contributed by atoms with van der Waals surface area (Å²) < 4.78 is 5.51. The fourth-order valence-electron chi connectivity index (χ4n) is 3.82. The van der Waals surface area contributed by atoms with Crippen LogP contribution >= 0.6 is 11.6 Å². The van der Waals surface area contributed by atoms with Crippen molar-refractivity contribution in [2.45, 2.75) is 32.0 Å². The maximum Gasteiger partial charge on any atom is 0.234 e. The summed E-state index contributed by atoms with van der Waals surface area (Å²) in [5.41, 5.74) is 2.32. The lowest BCUT2D eigenvalue weighted by molar-refractivity contribution is -0.121. The fourth-order valence-corrected chi connectivity index (χ4v) is 3.95. The van der Waals surface area contributed by atoms with Crippen LogP contribution in [0.3, 0.4) is 0 Å². The molecule has 1 heterocycles. The van der Waals surface area contributed by atoms with E-state index in [1.165, 1.54) is 5.56 Å². The summed E-state index contributed by atoms with van der Waals surface area (Å²) in [6.45, 7) is 7.57. The first kappa shape index (κ1) is 21.8. The Labute approximate surface area is 178 Å². The molecule has 0 saturated carbocycles. The topological polar surface area (TPSA) is 53.6 Å². The molecule has 3 rings (SSSR count). The number of ether oxygens (including phenoxy) is 1. The molecule has 1 aliphatic heterocycles. The highest BCUT2D eigenvalue weighted by atomic mass is 35.5. The van der Waals surface area contributed by atoms with Crippen LogP contribution in [-0.4, -0.2) is 49.7 Å². The first-order chi connectivity index (χ1) is 14.0. The quantitative estimate of drug-likeness (QED) is 0.692. The molecule has 3 atom stereocenters. The van der Waals surface area contributed by atoms with E-state index in [1.807, 2.05) is 49.4 Å². The Hall–Kier alpha value is -1.92. The Morgan fingerprint density at radius 2 is 1.69 bits per heavy atom. The molecule has 29 heavy (non-hydrogen) atoms. The lowest BCUT2D eigenvalue weighted by Gasteiger charge is -2.38. The van der Waals surface area contributed by atoms with E-state index in [4.69, 9.17) is 16.3 Å². The molecule has 2 N–H and O–H groups in total. The zero-order chi connectivity index (χ0) is 20.6. The number of nitrogens with one attached hydrogen (secondary N) is 2. The van der Waals surface area contributed by atoms with Crippen molar-refractivity contribution in [3.05, 3.63) is 70.7 Å². The molecule has 0 unspecified atom stereocenters. The number of halogens is 1. The Balaban J connectivity index is 1.58. The zero-order valence-corrected chi connectivity index (χ0v) is 17.9. The van der Waals surface area contributed by atoms with Crippen LogP contribution in [0.25, 0.3) is 0 Å². The molecular weight excluding hydrogens is 386 g/mol. The number of benzene rings is 2. The van der Waals surface area contributed by atoms with Gasteiger partial charge in [0.25, 0.3) is 0 Å². The van der Waals surface area contributed by atoms with Crippen molar-refractivity contribution in [1.82, 2.24) is 15.5 Å². The van der Waals surface area contributed by atoms with Crippen molar-refractivity contribution in [3.63, 3.8) is 0 Å². The number of hydrogen-bond donors (Lipinski definition) is 2. The molecule has 0 aromatic heterocycles. The highest BCUT2D eigenvalue weighted by molar-refractivity contribution is 6.30. The van der Waals surface area contributed by atoms with Crippen molar-refractivity contribution in [2.24, 2.45) is 0 Å². The summed E-state index contributed by atoms with van der Waals surface area (Å²) in [5, 5.41) is 7.19. The standard InChI is InChI=1S/C23H30ClN3O2/c1-17(19-8-10-21(24)11-9-19)25-16-22(28)26-18(2)23(20-6-4-3-5-7-20)27-12-14-29-15-13-27/h3-11,17-18,23,25H,12-16H2,1-2H3,(H,26,28)/t17-,18-,23-/m0/s1. The van der Waals surface area contributed by atoms with Crippen molar-refractivity contribution >= 4 is 17.5 Å². The molecule has 156 valence electrons. The second-order valence-corrected chi connectivity index (χ2v) is 7.95. The highest BCUT2D eigenvalue weighted by Gasteiger charge is 2.28. The van der Waals surface area contributed by atoms with E-state index in [0.29, 0.717) is 5.02 Å². The number of morpholine rings is 1. The fraction of sp³-hybridized carbons (Fsp3) is 0.435. The third-order valence-electron chi connectivity index (χ3n) is 5.38. The van der Waals surface area contributed by atoms with Crippen LogP contribution in [0.15, 0.2) is 54.6 Å². The predicted octanol–water partition coefficient (Wildman–Crippen LogP) is 3.57. The Kier molecular flexibility index (Phi) is 8.07. The van der Waals surface area contributed by atoms with Crippen LogP contribution in [0.5, 0.6) is 0 Å². The molecule has 1 amide bonds. The molecular formula is C23H30ClN3O2. The van der Waals surface area contributed by atoms with E-state index in [-0.39, 0.29) is 30.6 Å². The molecule has 0 spiro atoms. The predicted molar refractivity (Wildman–Crippen MR) is 117 cm³/mol. The van der Waals surface area contributed by atoms with Gasteiger partial charge in [0, 0.05) is 30.2 Å². The van der Waals surface area contributed by atoms with Crippen molar-refractivity contribution in [3.8, 4) is 0 Å². The average Bonchev–Trinajstić information content (AvgIpc) is 2.74. The minimum atomic E-state index is -0.0179. The number of rotatable bonds is 8. The van der Waals surface area contributed by atoms with Gasteiger partial charge in [-0.05, 0) is 37.1 Å². The number of hydrogen-bond acceptors (Lipinski definition) is 4. The maximum atomic E-state index is 12.6. The molecule has 6 heteroatoms. The van der Waals surface area contributed by atoms with Gasteiger partial charge in [-0.1, -0.05) is 54.1 Å². The maximum absolute atomic E-state index is 12.6. The first-order valence-electron chi connectivity index (χ1n) is 10.2. The number of carbonyl (C=O) groups is 1. The summed E-state index contributed by atoms with van der Waals surface area (Å²) in [6, 6.07) is 18.2. The summed E-state index contributed by atoms with van der Waals surface area (Å²) in [7, 11) is 0. The summed E-state index contributed by atoms with van der Waals surface area (Å²) in [5.74, 6) is -0.00694. The minimum absolute atomic E-state index is 0.00694. The highest BCUT2D eigenvalue weighted by Crippen LogP contribution is 2.25. The molecule has 1 aliphatic rings. The third kappa shape index (κ3) is 6.28. The van der Waals surface area contributed by atoms with E-state index < -0.39 is 0 Å². The minimum Gasteiger partial charge on any atom is -0.379 e. The molecule has 2 aromatic carbocycles. The number of carbonyl (C=O) groups excluding carboxylic acids is 1. The molecule has 1 fully saturated rings. The molecule has 0 radical (unpaired) electrons. The molecule has 0 bridgehead atoms. The van der Waals surface area contributed by atoms with Gasteiger partial charge in [-0.2, -0.15) is 0 Å². The Bertz CT molecular complexity index is 763. The van der Waals surface area contributed by atoms with Gasteiger partial charge in [-0.3, -0.25) is 9.69 Å². The third-order valence-corrected chi connectivity index (χ3v) is 5.63. The lowest BCUT2D eigenvalue weighted by atomic mass is 9.98. The van der Waals surface area contributed by atoms with Crippen molar-refractivity contribution in [2.75, 3.05) is 32.8 Å². The van der Waals surface area contributed by atoms with Crippen LogP contribution in [0, 0.1) is 0 Å². The van der Waals surface area contributed by atoms with Crippen LogP contribution < -0.4 is 10.6 Å². The van der Waals surface area contributed by atoms with Gasteiger partial charge in [0.1, 0.15) is 0 Å². The van der Waals surface area contributed by atoms with E-state index >= 15 is 0 Å². The molecule has 2 aromatic rings. The van der Waals surface area contributed by atoms with Gasteiger partial charge < -0.3 is 15.4 Å². The Morgan fingerprint density at radius 3 is 2.34 bits per heavy atom. The second-order valence-electron chi connectivity index (χ2n) is 7.51. The largest absolute Gasteiger partial charge is 0.379 e. The Morgan fingerprint density at radius 1 is 1.03 bits per heavy atom. The average molecular weight is 416 g/mol. The van der Waals surface area contributed by atoms with Gasteiger partial charge in [0.15, 0.2) is 0 Å². The number of nitrogens with zero attached hydrogens (tertiary/aromatic N) is 1. The van der Waals surface area contributed by atoms with Crippen molar-refractivity contribution < 1.29 is 9.53 Å². The van der Waals surface area contributed by atoms with Crippen LogP contribution in [-0.2, 0) is 9.53 Å². The van der Waals surface area contributed by atoms with Gasteiger partial charge in [0.2, 0.25) is 5.91 Å². The van der Waals surface area contributed by atoms with Gasteiger partial charge in [-0.15, -0.1) is 0 Å². The molecule has 1 saturated heterocycles. The number of amides is 1. The first-order valence-corrected chi connectivity index (χ1v) is 10.6. The van der Waals surface area contributed by atoms with E-state index in [0.717, 1.165) is 31.9 Å². The summed E-state index contributed by atoms with van der Waals surface area (Å²) in [4.78, 5) is 15.0. The van der Waals surface area contributed by atoms with Crippen LogP contribution in [0.2, 0.25) is 5.02 Å². The molecule has 0 aliphatic carbocycles. The van der Waals surface area contributed by atoms with E-state index in [1.54, 1.807) is 0 Å².